The van der Waals surface area contributed by atoms with Crippen molar-refractivity contribution in [3.05, 3.63) is 76.4 Å². The van der Waals surface area contributed by atoms with E-state index >= 15 is 0 Å². The predicted octanol–water partition coefficient (Wildman–Crippen LogP) is 3.94. The summed E-state index contributed by atoms with van der Waals surface area (Å²) in [5, 5.41) is 4.29. The van der Waals surface area contributed by atoms with Crippen LogP contribution in [0.5, 0.6) is 0 Å². The molecule has 1 aromatic heterocycles. The van der Waals surface area contributed by atoms with Crippen molar-refractivity contribution in [1.29, 1.82) is 0 Å². The van der Waals surface area contributed by atoms with Crippen LogP contribution in [0.1, 0.15) is 24.2 Å². The molecule has 0 saturated heterocycles. The normalized spacial score (nSPS) is 13.9. The van der Waals surface area contributed by atoms with Gasteiger partial charge in [0.1, 0.15) is 10.7 Å². The topological polar surface area (TPSA) is 135 Å². The number of ether oxygens (including phenoxy) is 1. The van der Waals surface area contributed by atoms with Crippen molar-refractivity contribution in [2.45, 2.75) is 24.8 Å². The van der Waals surface area contributed by atoms with E-state index in [-0.39, 0.29) is 38.1 Å². The second-order valence-electron chi connectivity index (χ2n) is 7.73. The number of aromatic nitrogens is 1. The van der Waals surface area contributed by atoms with E-state index in [1.807, 2.05) is 0 Å². The van der Waals surface area contributed by atoms with E-state index in [0.717, 1.165) is 16.2 Å². The van der Waals surface area contributed by atoms with Gasteiger partial charge >= 0.3 is 5.97 Å². The average Bonchev–Trinajstić information content (AvgIpc) is 3.41. The van der Waals surface area contributed by atoms with Gasteiger partial charge in [-0.3, -0.25) is 14.3 Å². The molecule has 0 fully saturated rings. The molecule has 2 amide bonds. The number of anilines is 3. The molecule has 2 aromatic carbocycles. The summed E-state index contributed by atoms with van der Waals surface area (Å²) in [6.45, 7) is 3.41. The second-order valence-corrected chi connectivity index (χ2v) is 10.7. The van der Waals surface area contributed by atoms with Crippen LogP contribution in [0.3, 0.4) is 0 Å². The minimum Gasteiger partial charge on any atom is -0.459 e. The van der Waals surface area contributed by atoms with Crippen LogP contribution in [-0.4, -0.2) is 37.3 Å². The van der Waals surface area contributed by atoms with Crippen LogP contribution in [0.2, 0.25) is 0 Å². The van der Waals surface area contributed by atoms with Crippen LogP contribution in [0.15, 0.2) is 75.7 Å². The summed E-state index contributed by atoms with van der Waals surface area (Å²) in [5.41, 5.74) is 0.456. The smallest absolute Gasteiger partial charge is 0.338 e. The number of carbonyl (C=O) groups is 3. The van der Waals surface area contributed by atoms with Gasteiger partial charge in [-0.1, -0.05) is 17.7 Å². The Labute approximate surface area is 215 Å². The van der Waals surface area contributed by atoms with E-state index < -0.39 is 27.8 Å². The summed E-state index contributed by atoms with van der Waals surface area (Å²) in [6, 6.07) is 11.4. The lowest BCUT2D eigenvalue weighted by molar-refractivity contribution is -0.120. The van der Waals surface area contributed by atoms with E-state index in [2.05, 4.69) is 15.0 Å². The van der Waals surface area contributed by atoms with Gasteiger partial charge in [-0.15, -0.1) is 11.3 Å². The quantitative estimate of drug-likeness (QED) is 0.320. The van der Waals surface area contributed by atoms with Gasteiger partial charge in [-0.05, 0) is 56.3 Å². The number of hydrogen-bond acceptors (Lipinski definition) is 9. The molecule has 4 rings (SSSR count). The molecule has 1 aliphatic rings. The van der Waals surface area contributed by atoms with Crippen molar-refractivity contribution >= 4 is 67.3 Å². The summed E-state index contributed by atoms with van der Waals surface area (Å²) in [5.74, 6) is -2.10. The molecule has 10 nitrogen and oxygen atoms in total. The maximum Gasteiger partial charge on any atom is 0.338 e. The molecule has 0 bridgehead atoms. The van der Waals surface area contributed by atoms with Gasteiger partial charge in [0.05, 0.1) is 22.3 Å². The van der Waals surface area contributed by atoms with Crippen molar-refractivity contribution in [2.75, 3.05) is 14.9 Å². The molecular formula is C23H19ClN4O6S2. The lowest BCUT2D eigenvalue weighted by atomic mass is 10.2. The molecule has 1 aliphatic heterocycles. The molecule has 13 heteroatoms. The maximum atomic E-state index is 13.1. The summed E-state index contributed by atoms with van der Waals surface area (Å²) in [7, 11) is -3.86. The van der Waals surface area contributed by atoms with E-state index in [1.54, 1.807) is 19.2 Å². The molecular weight excluding hydrogens is 528 g/mol. The maximum absolute atomic E-state index is 13.1. The third-order valence-electron chi connectivity index (χ3n) is 4.80. The Morgan fingerprint density at radius 3 is 2.47 bits per heavy atom. The highest BCUT2D eigenvalue weighted by atomic mass is 35.5. The van der Waals surface area contributed by atoms with Crippen molar-refractivity contribution < 1.29 is 27.5 Å². The first-order valence-electron chi connectivity index (χ1n) is 10.5. The fourth-order valence-electron chi connectivity index (χ4n) is 3.21. The Morgan fingerprint density at radius 2 is 1.83 bits per heavy atom. The molecule has 0 spiro atoms. The minimum absolute atomic E-state index is 0.0242. The van der Waals surface area contributed by atoms with Crippen LogP contribution >= 0.6 is 22.9 Å². The van der Waals surface area contributed by atoms with Crippen LogP contribution in [-0.2, 0) is 24.3 Å². The SMILES string of the molecule is CC(C)OC(=O)c1cccc(N2C(=O)C(Cl)=C(Nc3ccc(S(=O)(=O)Nc4nccs4)cc3)C2=O)c1. The van der Waals surface area contributed by atoms with E-state index in [0.29, 0.717) is 5.69 Å². The first-order valence-corrected chi connectivity index (χ1v) is 13.2. The monoisotopic (exact) mass is 546 g/mol. The molecule has 3 aromatic rings. The zero-order valence-electron chi connectivity index (χ0n) is 18.9. The van der Waals surface area contributed by atoms with Crippen molar-refractivity contribution in [2.24, 2.45) is 0 Å². The molecule has 2 N–H and O–H groups in total. The first kappa shape index (κ1) is 25.4. The number of nitrogens with one attached hydrogen (secondary N) is 2. The fourth-order valence-corrected chi connectivity index (χ4v) is 5.21. The molecule has 2 heterocycles. The van der Waals surface area contributed by atoms with Gasteiger partial charge in [0.15, 0.2) is 5.13 Å². The lowest BCUT2D eigenvalue weighted by Gasteiger charge is -2.16. The summed E-state index contributed by atoms with van der Waals surface area (Å²) in [4.78, 5) is 42.8. The molecule has 0 saturated carbocycles. The standard InChI is InChI=1S/C23H19ClN4O6S2/c1-13(2)34-22(31)14-4-3-5-16(12-14)28-20(29)18(24)19(21(28)30)26-15-6-8-17(9-7-15)36(32,33)27-23-25-10-11-35-23/h3-13,26H,1-2H3,(H,25,27). The molecule has 0 atom stereocenters. The number of rotatable bonds is 8. The summed E-state index contributed by atoms with van der Waals surface area (Å²) < 4.78 is 32.5. The number of amides is 2. The van der Waals surface area contributed by atoms with E-state index in [4.69, 9.17) is 16.3 Å². The van der Waals surface area contributed by atoms with Crippen LogP contribution < -0.4 is 14.9 Å². The Bertz CT molecular complexity index is 1470. The Morgan fingerprint density at radius 1 is 1.11 bits per heavy atom. The third kappa shape index (κ3) is 5.25. The number of carbonyl (C=O) groups excluding carboxylic acids is 3. The highest BCUT2D eigenvalue weighted by Crippen LogP contribution is 2.31. The second kappa shape index (κ2) is 10.1. The van der Waals surface area contributed by atoms with E-state index in [1.165, 1.54) is 54.7 Å². The van der Waals surface area contributed by atoms with Crippen molar-refractivity contribution in [3.63, 3.8) is 0 Å². The van der Waals surface area contributed by atoms with Crippen LogP contribution in [0.25, 0.3) is 0 Å². The van der Waals surface area contributed by atoms with Gasteiger partial charge in [0.25, 0.3) is 21.8 Å². The number of hydrogen-bond donors (Lipinski definition) is 2. The fraction of sp³-hybridized carbons (Fsp3) is 0.130. The number of nitrogens with zero attached hydrogens (tertiary/aromatic N) is 2. The number of esters is 1. The zero-order chi connectivity index (χ0) is 26.0. The lowest BCUT2D eigenvalue weighted by Crippen LogP contribution is -2.32. The molecule has 0 radical (unpaired) electrons. The minimum atomic E-state index is -3.86. The molecule has 0 unspecified atom stereocenters. The summed E-state index contributed by atoms with van der Waals surface area (Å²) >= 11 is 7.31. The third-order valence-corrected chi connectivity index (χ3v) is 7.32. The molecule has 0 aliphatic carbocycles. The zero-order valence-corrected chi connectivity index (χ0v) is 21.3. The van der Waals surface area contributed by atoms with Gasteiger partial charge in [0, 0.05) is 17.3 Å². The number of benzene rings is 2. The first-order chi connectivity index (χ1) is 17.1. The molecule has 36 heavy (non-hydrogen) atoms. The van der Waals surface area contributed by atoms with Crippen molar-refractivity contribution in [1.82, 2.24) is 4.98 Å². The Hall–Kier alpha value is -3.74. The van der Waals surface area contributed by atoms with Gasteiger partial charge in [-0.2, -0.15) is 0 Å². The van der Waals surface area contributed by atoms with Crippen LogP contribution in [0.4, 0.5) is 16.5 Å². The largest absolute Gasteiger partial charge is 0.459 e. The Balaban J connectivity index is 1.52. The predicted molar refractivity (Wildman–Crippen MR) is 135 cm³/mol. The number of halogens is 1. The summed E-state index contributed by atoms with van der Waals surface area (Å²) in [6.07, 6.45) is 1.14. The Kier molecular flexibility index (Phi) is 7.11. The van der Waals surface area contributed by atoms with Crippen LogP contribution in [0, 0.1) is 0 Å². The number of thiazole rings is 1. The number of imide groups is 1. The van der Waals surface area contributed by atoms with Gasteiger partial charge in [-0.25, -0.2) is 23.1 Å². The van der Waals surface area contributed by atoms with Gasteiger partial charge in [0.2, 0.25) is 0 Å². The number of sulfonamides is 1. The average molecular weight is 547 g/mol. The molecule has 186 valence electrons. The highest BCUT2D eigenvalue weighted by molar-refractivity contribution is 7.93. The van der Waals surface area contributed by atoms with Gasteiger partial charge < -0.3 is 10.1 Å². The van der Waals surface area contributed by atoms with Crippen molar-refractivity contribution in [3.8, 4) is 0 Å². The van der Waals surface area contributed by atoms with E-state index in [9.17, 15) is 22.8 Å². The highest BCUT2D eigenvalue weighted by Gasteiger charge is 2.39.